The number of hydrogen-bond acceptors (Lipinski definition) is 5. The fourth-order valence-corrected chi connectivity index (χ4v) is 2.97. The summed E-state index contributed by atoms with van der Waals surface area (Å²) in [4.78, 5) is 4.58. The Morgan fingerprint density at radius 2 is 1.95 bits per heavy atom. The lowest BCUT2D eigenvalue weighted by atomic mass is 9.70. The Morgan fingerprint density at radius 3 is 2.52 bits per heavy atom. The maximum Gasteiger partial charge on any atom is 0.226 e. The third-order valence-electron chi connectivity index (χ3n) is 4.73. The van der Waals surface area contributed by atoms with E-state index in [1.165, 1.54) is 0 Å². The zero-order valence-corrected chi connectivity index (χ0v) is 13.8. The van der Waals surface area contributed by atoms with Gasteiger partial charge < -0.3 is 15.0 Å². The fraction of sp³-hybridized carbons (Fsp3) is 0.875. The van der Waals surface area contributed by atoms with Crippen LogP contribution in [-0.2, 0) is 16.8 Å². The van der Waals surface area contributed by atoms with Crippen molar-refractivity contribution < 1.29 is 9.26 Å². The van der Waals surface area contributed by atoms with E-state index in [-0.39, 0.29) is 11.6 Å². The molecule has 1 saturated carbocycles. The molecule has 0 aromatic carbocycles. The first-order valence-electron chi connectivity index (χ1n) is 8.01. The summed E-state index contributed by atoms with van der Waals surface area (Å²) in [5.41, 5.74) is 5.78. The van der Waals surface area contributed by atoms with Crippen LogP contribution in [0.2, 0.25) is 0 Å². The number of hydrogen-bond donors (Lipinski definition) is 1. The Bertz CT molecular complexity index is 444. The lowest BCUT2D eigenvalue weighted by Gasteiger charge is -2.40. The predicted octanol–water partition coefficient (Wildman–Crippen LogP) is 3.18. The molecule has 5 heteroatoms. The molecule has 1 unspecified atom stereocenters. The van der Waals surface area contributed by atoms with E-state index in [4.69, 9.17) is 15.0 Å². The Balaban J connectivity index is 2.01. The fourth-order valence-electron chi connectivity index (χ4n) is 2.97. The van der Waals surface area contributed by atoms with Crippen LogP contribution in [0.3, 0.4) is 0 Å². The van der Waals surface area contributed by atoms with Crippen molar-refractivity contribution in [3.63, 3.8) is 0 Å². The van der Waals surface area contributed by atoms with E-state index in [1.807, 2.05) is 6.92 Å². The smallest absolute Gasteiger partial charge is 0.226 e. The number of aromatic nitrogens is 2. The van der Waals surface area contributed by atoms with Crippen molar-refractivity contribution in [2.24, 2.45) is 11.1 Å². The first kappa shape index (κ1) is 16.4. The minimum Gasteiger partial charge on any atom is -0.370 e. The molecule has 120 valence electrons. The van der Waals surface area contributed by atoms with Gasteiger partial charge in [0.05, 0.1) is 0 Å². The molecule has 1 aliphatic rings. The summed E-state index contributed by atoms with van der Waals surface area (Å²) in [6, 6.07) is 0.221. The van der Waals surface area contributed by atoms with E-state index < -0.39 is 0 Å². The van der Waals surface area contributed by atoms with Crippen LogP contribution in [0.1, 0.15) is 71.0 Å². The summed E-state index contributed by atoms with van der Waals surface area (Å²) in [5.74, 6) is 1.42. The molecule has 1 aromatic heterocycles. The van der Waals surface area contributed by atoms with Gasteiger partial charge in [-0.2, -0.15) is 4.98 Å². The molecule has 1 aromatic rings. The molecule has 0 radical (unpaired) electrons. The molecule has 1 aliphatic carbocycles. The molecular weight excluding hydrogens is 266 g/mol. The highest BCUT2D eigenvalue weighted by molar-refractivity contribution is 5.05. The lowest BCUT2D eigenvalue weighted by molar-refractivity contribution is -0.0740. The number of nitrogens with two attached hydrogens (primary N) is 1. The number of nitrogens with zero attached hydrogens (tertiary/aromatic N) is 2. The maximum absolute atomic E-state index is 5.81. The van der Waals surface area contributed by atoms with Crippen molar-refractivity contribution in [1.29, 1.82) is 0 Å². The third kappa shape index (κ3) is 4.04. The van der Waals surface area contributed by atoms with Gasteiger partial charge in [-0.05, 0) is 50.9 Å². The van der Waals surface area contributed by atoms with Gasteiger partial charge in [0.2, 0.25) is 11.7 Å². The highest BCUT2D eigenvalue weighted by atomic mass is 16.5. The van der Waals surface area contributed by atoms with E-state index in [0.717, 1.165) is 50.8 Å². The maximum atomic E-state index is 5.81. The van der Waals surface area contributed by atoms with Gasteiger partial charge in [-0.3, -0.25) is 0 Å². The van der Waals surface area contributed by atoms with Gasteiger partial charge in [-0.25, -0.2) is 0 Å². The highest BCUT2D eigenvalue weighted by Gasteiger charge is 2.43. The molecule has 2 N–H and O–H groups in total. The van der Waals surface area contributed by atoms with Gasteiger partial charge in [0.1, 0.15) is 5.60 Å². The molecule has 1 atom stereocenters. The molecule has 1 heterocycles. The topological polar surface area (TPSA) is 74.2 Å². The summed E-state index contributed by atoms with van der Waals surface area (Å²) < 4.78 is 11.2. The monoisotopic (exact) mass is 295 g/mol. The van der Waals surface area contributed by atoms with Crippen molar-refractivity contribution in [3.05, 3.63) is 11.7 Å². The summed E-state index contributed by atoms with van der Waals surface area (Å²) in [7, 11) is 1.75. The van der Waals surface area contributed by atoms with Crippen molar-refractivity contribution in [2.45, 2.75) is 77.4 Å². The molecule has 2 rings (SSSR count). The molecular formula is C16H29N3O2. The van der Waals surface area contributed by atoms with E-state index >= 15 is 0 Å². The lowest BCUT2D eigenvalue weighted by Crippen LogP contribution is -2.37. The van der Waals surface area contributed by atoms with Crippen molar-refractivity contribution >= 4 is 0 Å². The zero-order valence-electron chi connectivity index (χ0n) is 13.8. The second-order valence-corrected chi connectivity index (χ2v) is 7.24. The summed E-state index contributed by atoms with van der Waals surface area (Å²) in [6.45, 7) is 6.63. The number of aryl methyl sites for hydroxylation is 1. The van der Waals surface area contributed by atoms with Crippen LogP contribution in [0, 0.1) is 5.41 Å². The normalized spacial score (nSPS) is 22.1. The van der Waals surface area contributed by atoms with E-state index in [9.17, 15) is 0 Å². The number of rotatable bonds is 6. The van der Waals surface area contributed by atoms with E-state index in [1.54, 1.807) is 7.11 Å². The van der Waals surface area contributed by atoms with Crippen LogP contribution in [0.25, 0.3) is 0 Å². The average Bonchev–Trinajstić information content (AvgIpc) is 2.88. The van der Waals surface area contributed by atoms with Crippen LogP contribution < -0.4 is 5.73 Å². The summed E-state index contributed by atoms with van der Waals surface area (Å²) in [6.07, 6.45) is 6.89. The van der Waals surface area contributed by atoms with E-state index in [0.29, 0.717) is 11.3 Å². The molecule has 0 saturated heterocycles. The minimum absolute atomic E-state index is 0.221. The van der Waals surface area contributed by atoms with Crippen LogP contribution in [-0.4, -0.2) is 23.3 Å². The van der Waals surface area contributed by atoms with Crippen molar-refractivity contribution in [2.75, 3.05) is 7.11 Å². The molecule has 0 spiro atoms. The second-order valence-electron chi connectivity index (χ2n) is 7.24. The summed E-state index contributed by atoms with van der Waals surface area (Å²) in [5, 5.41) is 4.19. The largest absolute Gasteiger partial charge is 0.370 e. The van der Waals surface area contributed by atoms with Crippen LogP contribution in [0.4, 0.5) is 0 Å². The highest BCUT2D eigenvalue weighted by Crippen LogP contribution is 2.46. The Labute approximate surface area is 127 Å². The van der Waals surface area contributed by atoms with Gasteiger partial charge >= 0.3 is 0 Å². The first-order chi connectivity index (χ1) is 9.87. The first-order valence-corrected chi connectivity index (χ1v) is 8.01. The average molecular weight is 295 g/mol. The standard InChI is InChI=1S/C16H29N3O2/c1-12(17)6-5-7-13-18-14(19-21-13)16(20-4)10-8-15(2,3)9-11-16/h12H,5-11,17H2,1-4H3. The Hall–Kier alpha value is -0.940. The van der Waals surface area contributed by atoms with Crippen LogP contribution >= 0.6 is 0 Å². The molecule has 0 bridgehead atoms. The Kier molecular flexibility index (Phi) is 5.04. The number of ether oxygens (including phenoxy) is 1. The number of methoxy groups -OCH3 is 1. The third-order valence-corrected chi connectivity index (χ3v) is 4.73. The van der Waals surface area contributed by atoms with Gasteiger partial charge in [0, 0.05) is 19.6 Å². The van der Waals surface area contributed by atoms with Gasteiger partial charge in [0.25, 0.3) is 0 Å². The molecule has 1 fully saturated rings. The zero-order chi connectivity index (χ0) is 15.5. The van der Waals surface area contributed by atoms with Gasteiger partial charge in [-0.1, -0.05) is 19.0 Å². The van der Waals surface area contributed by atoms with Crippen LogP contribution in [0.5, 0.6) is 0 Å². The molecule has 21 heavy (non-hydrogen) atoms. The van der Waals surface area contributed by atoms with Crippen LogP contribution in [0.15, 0.2) is 4.52 Å². The van der Waals surface area contributed by atoms with Crippen molar-refractivity contribution in [1.82, 2.24) is 10.1 Å². The quantitative estimate of drug-likeness (QED) is 0.872. The van der Waals surface area contributed by atoms with Gasteiger partial charge in [-0.15, -0.1) is 0 Å². The van der Waals surface area contributed by atoms with Crippen molar-refractivity contribution in [3.8, 4) is 0 Å². The predicted molar refractivity (Wildman–Crippen MR) is 81.8 cm³/mol. The molecule has 0 aliphatic heterocycles. The second kappa shape index (κ2) is 6.44. The minimum atomic E-state index is -0.363. The Morgan fingerprint density at radius 1 is 1.29 bits per heavy atom. The van der Waals surface area contributed by atoms with Gasteiger partial charge in [0.15, 0.2) is 0 Å². The molecule has 0 amide bonds. The summed E-state index contributed by atoms with van der Waals surface area (Å²) >= 11 is 0. The SMILES string of the molecule is COC1(c2noc(CCCC(C)N)n2)CCC(C)(C)CC1. The molecule has 5 nitrogen and oxygen atoms in total. The van der Waals surface area contributed by atoms with E-state index in [2.05, 4.69) is 24.0 Å².